The second-order valence-corrected chi connectivity index (χ2v) is 9.09. The van der Waals surface area contributed by atoms with E-state index in [-0.39, 0.29) is 12.2 Å². The molecule has 33 heavy (non-hydrogen) atoms. The van der Waals surface area contributed by atoms with Gasteiger partial charge in [0.1, 0.15) is 17.5 Å². The third kappa shape index (κ3) is 5.78. The van der Waals surface area contributed by atoms with Crippen LogP contribution in [0.1, 0.15) is 38.1 Å². The second kappa shape index (κ2) is 11.7. The first-order valence-electron chi connectivity index (χ1n) is 10.4. The molecule has 0 amide bonds. The van der Waals surface area contributed by atoms with E-state index in [2.05, 4.69) is 54.8 Å². The summed E-state index contributed by atoms with van der Waals surface area (Å²) in [5, 5.41) is 5.27. The number of ether oxygens (including phenoxy) is 2. The Kier molecular flexibility index (Phi) is 8.95. The minimum atomic E-state index is -0.245. The predicted octanol–water partition coefficient (Wildman–Crippen LogP) is 6.21. The van der Waals surface area contributed by atoms with Crippen LogP contribution in [0.25, 0.3) is 10.9 Å². The number of hydrogen-bond donors (Lipinski definition) is 0. The van der Waals surface area contributed by atoms with E-state index in [1.165, 1.54) is 4.68 Å². The molecular formula is C24H22Br2ClN3O3. The van der Waals surface area contributed by atoms with Crippen LogP contribution in [0.15, 0.2) is 43.1 Å². The van der Waals surface area contributed by atoms with E-state index in [1.54, 1.807) is 18.3 Å². The predicted molar refractivity (Wildman–Crippen MR) is 140 cm³/mol. The number of rotatable bonds is 9. The first-order valence-corrected chi connectivity index (χ1v) is 12.3. The van der Waals surface area contributed by atoms with Crippen LogP contribution in [0.2, 0.25) is 5.02 Å². The SMILES string of the molecule is C#CCOc1c(OCC)cc(C=Nn2c(CCCC)nc3ccc(Br)cc3c2=O)c(Br)c1Cl. The van der Waals surface area contributed by atoms with Crippen molar-refractivity contribution in [1.82, 2.24) is 9.66 Å². The summed E-state index contributed by atoms with van der Waals surface area (Å²) in [5.41, 5.74) is 1.00. The van der Waals surface area contributed by atoms with Crippen LogP contribution in [0.5, 0.6) is 11.5 Å². The molecule has 0 fully saturated rings. The van der Waals surface area contributed by atoms with Gasteiger partial charge in [-0.3, -0.25) is 4.79 Å². The summed E-state index contributed by atoms with van der Waals surface area (Å²) < 4.78 is 13.9. The Hall–Kier alpha value is -2.34. The van der Waals surface area contributed by atoms with E-state index in [4.69, 9.17) is 27.5 Å². The maximum absolute atomic E-state index is 13.3. The Labute approximate surface area is 214 Å². The molecule has 0 aliphatic heterocycles. The molecule has 0 saturated heterocycles. The number of hydrogen-bond acceptors (Lipinski definition) is 5. The van der Waals surface area contributed by atoms with Crippen LogP contribution in [0.3, 0.4) is 0 Å². The zero-order valence-electron chi connectivity index (χ0n) is 18.2. The minimum Gasteiger partial charge on any atom is -0.490 e. The van der Waals surface area contributed by atoms with Crippen molar-refractivity contribution in [2.24, 2.45) is 5.10 Å². The van der Waals surface area contributed by atoms with Crippen molar-refractivity contribution in [2.45, 2.75) is 33.1 Å². The minimum absolute atomic E-state index is 0.0498. The summed E-state index contributed by atoms with van der Waals surface area (Å²) >= 11 is 13.4. The Bertz CT molecular complexity index is 1300. The lowest BCUT2D eigenvalue weighted by Gasteiger charge is -2.15. The summed E-state index contributed by atoms with van der Waals surface area (Å²) in [7, 11) is 0. The molecule has 3 aromatic rings. The van der Waals surface area contributed by atoms with E-state index in [9.17, 15) is 4.79 Å². The van der Waals surface area contributed by atoms with Crippen molar-refractivity contribution in [3.05, 3.63) is 60.0 Å². The van der Waals surface area contributed by atoms with Gasteiger partial charge in [-0.25, -0.2) is 4.98 Å². The molecule has 3 rings (SSSR count). The van der Waals surface area contributed by atoms with Crippen molar-refractivity contribution >= 4 is 60.6 Å². The molecule has 0 saturated carbocycles. The first kappa shape index (κ1) is 25.3. The molecule has 9 heteroatoms. The van der Waals surface area contributed by atoms with Crippen LogP contribution in [-0.4, -0.2) is 29.1 Å². The third-order valence-electron chi connectivity index (χ3n) is 4.70. The van der Waals surface area contributed by atoms with Gasteiger partial charge in [-0.2, -0.15) is 9.78 Å². The third-order valence-corrected chi connectivity index (χ3v) is 6.63. The lowest BCUT2D eigenvalue weighted by atomic mass is 10.2. The highest BCUT2D eigenvalue weighted by molar-refractivity contribution is 9.10. The van der Waals surface area contributed by atoms with Gasteiger partial charge in [0.2, 0.25) is 0 Å². The van der Waals surface area contributed by atoms with Gasteiger partial charge in [-0.15, -0.1) is 6.42 Å². The fraction of sp³-hybridized carbons (Fsp3) is 0.292. The number of unbranched alkanes of at least 4 members (excludes halogenated alkanes) is 1. The average molecular weight is 596 g/mol. The molecule has 0 aliphatic carbocycles. The van der Waals surface area contributed by atoms with Crippen LogP contribution in [0.4, 0.5) is 0 Å². The number of terminal acetylenes is 1. The average Bonchev–Trinajstić information content (AvgIpc) is 2.80. The molecule has 0 bridgehead atoms. The van der Waals surface area contributed by atoms with Gasteiger partial charge in [0.05, 0.1) is 23.7 Å². The molecule has 172 valence electrons. The molecule has 1 heterocycles. The van der Waals surface area contributed by atoms with E-state index in [1.807, 2.05) is 19.1 Å². The van der Waals surface area contributed by atoms with Crippen LogP contribution in [0, 0.1) is 12.3 Å². The highest BCUT2D eigenvalue weighted by Gasteiger charge is 2.18. The quantitative estimate of drug-likeness (QED) is 0.218. The van der Waals surface area contributed by atoms with Gasteiger partial charge < -0.3 is 9.47 Å². The number of halogens is 3. The molecule has 0 atom stereocenters. The van der Waals surface area contributed by atoms with Crippen molar-refractivity contribution < 1.29 is 9.47 Å². The fourth-order valence-corrected chi connectivity index (χ4v) is 4.15. The summed E-state index contributed by atoms with van der Waals surface area (Å²) in [4.78, 5) is 18.0. The summed E-state index contributed by atoms with van der Waals surface area (Å²) in [6.07, 6.45) is 9.33. The zero-order chi connectivity index (χ0) is 24.0. The van der Waals surface area contributed by atoms with E-state index in [0.29, 0.717) is 56.3 Å². The van der Waals surface area contributed by atoms with Crippen molar-refractivity contribution in [3.8, 4) is 23.8 Å². The van der Waals surface area contributed by atoms with Crippen molar-refractivity contribution in [3.63, 3.8) is 0 Å². The van der Waals surface area contributed by atoms with Crippen molar-refractivity contribution in [2.75, 3.05) is 13.2 Å². The van der Waals surface area contributed by atoms with E-state index >= 15 is 0 Å². The molecule has 0 aliphatic rings. The number of aryl methyl sites for hydroxylation is 1. The molecule has 1 aromatic heterocycles. The largest absolute Gasteiger partial charge is 0.490 e. The molecule has 0 spiro atoms. The molecule has 0 radical (unpaired) electrons. The lowest BCUT2D eigenvalue weighted by Crippen LogP contribution is -2.22. The Morgan fingerprint density at radius 3 is 2.76 bits per heavy atom. The molecule has 2 aromatic carbocycles. The summed E-state index contributed by atoms with van der Waals surface area (Å²) in [5.74, 6) is 3.78. The molecule has 0 N–H and O–H groups in total. The first-order chi connectivity index (χ1) is 15.9. The summed E-state index contributed by atoms with van der Waals surface area (Å²) in [6, 6.07) is 7.17. The number of benzene rings is 2. The number of aromatic nitrogens is 2. The van der Waals surface area contributed by atoms with E-state index in [0.717, 1.165) is 17.3 Å². The normalized spacial score (nSPS) is 11.2. The fourth-order valence-electron chi connectivity index (χ4n) is 3.14. The Balaban J connectivity index is 2.14. The highest BCUT2D eigenvalue weighted by atomic mass is 79.9. The molecule has 6 nitrogen and oxygen atoms in total. The summed E-state index contributed by atoms with van der Waals surface area (Å²) in [6.45, 7) is 4.40. The maximum atomic E-state index is 13.3. The van der Waals surface area contributed by atoms with Gasteiger partial charge in [0, 0.05) is 20.9 Å². The van der Waals surface area contributed by atoms with Gasteiger partial charge in [0.25, 0.3) is 5.56 Å². The van der Waals surface area contributed by atoms with Gasteiger partial charge in [-0.1, -0.05) is 46.8 Å². The molecular weight excluding hydrogens is 574 g/mol. The van der Waals surface area contributed by atoms with Crippen LogP contribution >= 0.6 is 43.5 Å². The van der Waals surface area contributed by atoms with Gasteiger partial charge in [-0.05, 0) is 53.5 Å². The van der Waals surface area contributed by atoms with Gasteiger partial charge >= 0.3 is 0 Å². The highest BCUT2D eigenvalue weighted by Crippen LogP contribution is 2.42. The monoisotopic (exact) mass is 593 g/mol. The lowest BCUT2D eigenvalue weighted by molar-refractivity contribution is 0.299. The van der Waals surface area contributed by atoms with E-state index < -0.39 is 0 Å². The van der Waals surface area contributed by atoms with Crippen molar-refractivity contribution in [1.29, 1.82) is 0 Å². The Morgan fingerprint density at radius 2 is 2.06 bits per heavy atom. The van der Waals surface area contributed by atoms with Gasteiger partial charge in [0.15, 0.2) is 11.5 Å². The second-order valence-electron chi connectivity index (χ2n) is 7.00. The zero-order valence-corrected chi connectivity index (χ0v) is 22.1. The van der Waals surface area contributed by atoms with Crippen LogP contribution < -0.4 is 15.0 Å². The molecule has 0 unspecified atom stereocenters. The number of fused-ring (bicyclic) bond motifs is 1. The standard InChI is InChI=1S/C24H22Br2ClN3O3/c1-4-7-8-20-29-18-10-9-16(25)13-17(18)24(31)30(20)28-14-15-12-19(32-6-3)23(33-11-5-2)22(27)21(15)26/h2,9-10,12-14H,4,6-8,11H2,1,3H3. The Morgan fingerprint density at radius 1 is 1.27 bits per heavy atom. The number of nitrogens with zero attached hydrogens (tertiary/aromatic N) is 3. The topological polar surface area (TPSA) is 65.7 Å². The van der Waals surface area contributed by atoms with Crippen LogP contribution in [-0.2, 0) is 6.42 Å². The smallest absolute Gasteiger partial charge is 0.282 e. The maximum Gasteiger partial charge on any atom is 0.282 e.